The molecule has 1 aromatic heterocycles. The average Bonchev–Trinajstić information content (AvgIpc) is 2.44. The van der Waals surface area contributed by atoms with Crippen molar-refractivity contribution in [1.29, 1.82) is 0 Å². The zero-order chi connectivity index (χ0) is 13.5. The minimum absolute atomic E-state index is 0.140. The fraction of sp³-hybridized carbons (Fsp3) is 0.615. The molecule has 0 radical (unpaired) electrons. The molecule has 1 saturated carbocycles. The summed E-state index contributed by atoms with van der Waals surface area (Å²) in [6, 6.07) is 1.74. The van der Waals surface area contributed by atoms with Gasteiger partial charge in [0.2, 0.25) is 0 Å². The number of hydrogen-bond donors (Lipinski definition) is 3. The molecule has 0 unspecified atom stereocenters. The summed E-state index contributed by atoms with van der Waals surface area (Å²) in [5, 5.41) is 14.6. The molecule has 0 atom stereocenters. The number of carbonyl (C=O) groups is 1. The van der Waals surface area contributed by atoms with E-state index in [1.54, 1.807) is 6.07 Å². The topological polar surface area (TPSA) is 87.1 Å². The summed E-state index contributed by atoms with van der Waals surface area (Å²) < 4.78 is 0. The second-order valence-electron chi connectivity index (χ2n) is 4.92. The highest BCUT2D eigenvalue weighted by Gasteiger charge is 2.13. The van der Waals surface area contributed by atoms with Gasteiger partial charge in [-0.25, -0.2) is 9.97 Å². The Kier molecular flexibility index (Phi) is 4.94. The molecule has 1 aromatic rings. The number of anilines is 2. The molecule has 1 heterocycles. The first-order valence-corrected chi connectivity index (χ1v) is 6.75. The first kappa shape index (κ1) is 13.6. The van der Waals surface area contributed by atoms with E-state index in [1.807, 2.05) is 0 Å². The predicted octanol–water partition coefficient (Wildman–Crippen LogP) is 1.97. The van der Waals surface area contributed by atoms with E-state index in [-0.39, 0.29) is 6.54 Å². The van der Waals surface area contributed by atoms with Gasteiger partial charge in [0.15, 0.2) is 0 Å². The lowest BCUT2D eigenvalue weighted by atomic mass is 9.89. The molecule has 0 amide bonds. The van der Waals surface area contributed by atoms with Crippen LogP contribution in [0.4, 0.5) is 11.6 Å². The van der Waals surface area contributed by atoms with Gasteiger partial charge in [-0.2, -0.15) is 0 Å². The third-order valence-corrected chi connectivity index (χ3v) is 3.38. The van der Waals surface area contributed by atoms with Gasteiger partial charge in [0.25, 0.3) is 0 Å². The maximum atomic E-state index is 10.5. The lowest BCUT2D eigenvalue weighted by Gasteiger charge is -2.21. The molecule has 1 fully saturated rings. The van der Waals surface area contributed by atoms with Gasteiger partial charge in [-0.1, -0.05) is 19.3 Å². The number of hydrogen-bond acceptors (Lipinski definition) is 5. The second kappa shape index (κ2) is 6.92. The van der Waals surface area contributed by atoms with Crippen LogP contribution in [0.5, 0.6) is 0 Å². The van der Waals surface area contributed by atoms with Crippen LogP contribution in [-0.2, 0) is 4.79 Å². The van der Waals surface area contributed by atoms with Crippen LogP contribution in [0.2, 0.25) is 0 Å². The first-order chi connectivity index (χ1) is 9.24. The molecule has 0 aromatic carbocycles. The Morgan fingerprint density at radius 2 is 1.89 bits per heavy atom. The summed E-state index contributed by atoms with van der Waals surface area (Å²) in [4.78, 5) is 18.6. The highest BCUT2D eigenvalue weighted by atomic mass is 16.4. The minimum Gasteiger partial charge on any atom is -0.480 e. The molecule has 19 heavy (non-hydrogen) atoms. The number of aliphatic carboxylic acids is 1. The number of nitrogens with one attached hydrogen (secondary N) is 2. The van der Waals surface area contributed by atoms with Crippen molar-refractivity contribution in [1.82, 2.24) is 9.97 Å². The van der Waals surface area contributed by atoms with Gasteiger partial charge in [0, 0.05) is 12.6 Å². The van der Waals surface area contributed by atoms with Crippen LogP contribution in [-0.4, -0.2) is 34.1 Å². The summed E-state index contributed by atoms with van der Waals surface area (Å²) >= 11 is 0. The monoisotopic (exact) mass is 264 g/mol. The van der Waals surface area contributed by atoms with Crippen LogP contribution in [0.25, 0.3) is 0 Å². The number of rotatable bonds is 6. The molecule has 0 aliphatic heterocycles. The predicted molar refractivity (Wildman–Crippen MR) is 73.2 cm³/mol. The molecular weight excluding hydrogens is 244 g/mol. The highest BCUT2D eigenvalue weighted by Crippen LogP contribution is 2.23. The maximum Gasteiger partial charge on any atom is 0.322 e. The summed E-state index contributed by atoms with van der Waals surface area (Å²) in [6.07, 6.45) is 7.99. The van der Waals surface area contributed by atoms with Crippen LogP contribution in [0.3, 0.4) is 0 Å². The van der Waals surface area contributed by atoms with Crippen LogP contribution < -0.4 is 10.6 Å². The quantitative estimate of drug-likeness (QED) is 0.728. The van der Waals surface area contributed by atoms with Gasteiger partial charge in [-0.15, -0.1) is 0 Å². The number of aromatic nitrogens is 2. The van der Waals surface area contributed by atoms with Gasteiger partial charge in [-0.3, -0.25) is 4.79 Å². The van der Waals surface area contributed by atoms with Crippen LogP contribution in [0.1, 0.15) is 32.1 Å². The molecule has 3 N–H and O–H groups in total. The average molecular weight is 264 g/mol. The number of carboxylic acids is 1. The third-order valence-electron chi connectivity index (χ3n) is 3.38. The Bertz CT molecular complexity index is 419. The Hall–Kier alpha value is -1.85. The molecule has 6 nitrogen and oxygen atoms in total. The molecule has 1 aliphatic carbocycles. The van der Waals surface area contributed by atoms with Gasteiger partial charge in [0.05, 0.1) is 0 Å². The molecule has 0 spiro atoms. The van der Waals surface area contributed by atoms with Gasteiger partial charge in [-0.05, 0) is 18.8 Å². The van der Waals surface area contributed by atoms with E-state index in [1.165, 1.54) is 38.4 Å². The lowest BCUT2D eigenvalue weighted by Crippen LogP contribution is -2.18. The van der Waals surface area contributed by atoms with Crippen molar-refractivity contribution in [2.75, 3.05) is 23.7 Å². The van der Waals surface area contributed by atoms with Crippen molar-refractivity contribution in [2.45, 2.75) is 32.1 Å². The van der Waals surface area contributed by atoms with E-state index >= 15 is 0 Å². The third kappa shape index (κ3) is 4.73. The Morgan fingerprint density at radius 3 is 2.58 bits per heavy atom. The molecule has 1 aliphatic rings. The lowest BCUT2D eigenvalue weighted by molar-refractivity contribution is -0.134. The Balaban J connectivity index is 1.82. The second-order valence-corrected chi connectivity index (χ2v) is 4.92. The molecule has 0 saturated heterocycles. The summed E-state index contributed by atoms with van der Waals surface area (Å²) in [5.41, 5.74) is 0. The first-order valence-electron chi connectivity index (χ1n) is 6.75. The molecule has 6 heteroatoms. The van der Waals surface area contributed by atoms with Crippen molar-refractivity contribution < 1.29 is 9.90 Å². The van der Waals surface area contributed by atoms with Gasteiger partial charge >= 0.3 is 5.97 Å². The molecule has 2 rings (SSSR count). The molecule has 0 bridgehead atoms. The van der Waals surface area contributed by atoms with E-state index < -0.39 is 5.97 Å². The standard InChI is InChI=1S/C13H20N4O2/c18-13(19)8-15-12-6-11(16-9-17-12)14-7-10-4-2-1-3-5-10/h6,9-10H,1-5,7-8H2,(H,18,19)(H2,14,15,16,17). The number of nitrogens with zero attached hydrogens (tertiary/aromatic N) is 2. The van der Waals surface area contributed by atoms with E-state index in [4.69, 9.17) is 5.11 Å². The Labute approximate surface area is 112 Å². The van der Waals surface area contributed by atoms with E-state index in [2.05, 4.69) is 20.6 Å². The van der Waals surface area contributed by atoms with Crippen LogP contribution in [0, 0.1) is 5.92 Å². The summed E-state index contributed by atoms with van der Waals surface area (Å²) in [7, 11) is 0. The van der Waals surface area contributed by atoms with Crippen LogP contribution in [0.15, 0.2) is 12.4 Å². The van der Waals surface area contributed by atoms with Gasteiger partial charge in [0.1, 0.15) is 24.5 Å². The zero-order valence-corrected chi connectivity index (χ0v) is 10.9. The minimum atomic E-state index is -0.907. The van der Waals surface area contributed by atoms with E-state index in [0.29, 0.717) is 5.82 Å². The summed E-state index contributed by atoms with van der Waals surface area (Å²) in [6.45, 7) is 0.786. The van der Waals surface area contributed by atoms with Gasteiger partial charge < -0.3 is 15.7 Å². The SMILES string of the molecule is O=C(O)CNc1cc(NCC2CCCCC2)ncn1. The Morgan fingerprint density at radius 1 is 1.21 bits per heavy atom. The zero-order valence-electron chi connectivity index (χ0n) is 10.9. The fourth-order valence-electron chi connectivity index (χ4n) is 2.36. The smallest absolute Gasteiger partial charge is 0.322 e. The highest BCUT2D eigenvalue weighted by molar-refractivity contribution is 5.72. The summed E-state index contributed by atoms with van der Waals surface area (Å²) in [5.74, 6) is 1.09. The van der Waals surface area contributed by atoms with Crippen LogP contribution >= 0.6 is 0 Å². The van der Waals surface area contributed by atoms with Crippen molar-refractivity contribution >= 4 is 17.6 Å². The van der Waals surface area contributed by atoms with E-state index in [0.717, 1.165) is 18.3 Å². The van der Waals surface area contributed by atoms with Crippen molar-refractivity contribution in [3.63, 3.8) is 0 Å². The van der Waals surface area contributed by atoms with Crippen molar-refractivity contribution in [3.8, 4) is 0 Å². The van der Waals surface area contributed by atoms with E-state index in [9.17, 15) is 4.79 Å². The largest absolute Gasteiger partial charge is 0.480 e. The normalized spacial score (nSPS) is 16.0. The maximum absolute atomic E-state index is 10.5. The number of carboxylic acid groups (broad SMARTS) is 1. The fourth-order valence-corrected chi connectivity index (χ4v) is 2.36. The molecular formula is C13H20N4O2. The van der Waals surface area contributed by atoms with Crippen molar-refractivity contribution in [3.05, 3.63) is 12.4 Å². The molecule has 104 valence electrons. The van der Waals surface area contributed by atoms with Crippen molar-refractivity contribution in [2.24, 2.45) is 5.92 Å².